The lowest BCUT2D eigenvalue weighted by Gasteiger charge is -1.96. The van der Waals surface area contributed by atoms with Crippen LogP contribution in [-0.2, 0) is 0 Å². The summed E-state index contributed by atoms with van der Waals surface area (Å²) in [7, 11) is 1.60. The lowest BCUT2D eigenvalue weighted by atomic mass is 10.3. The van der Waals surface area contributed by atoms with Gasteiger partial charge in [0.15, 0.2) is 11.6 Å². The van der Waals surface area contributed by atoms with Crippen molar-refractivity contribution in [3.05, 3.63) is 24.0 Å². The van der Waals surface area contributed by atoms with Gasteiger partial charge < -0.3 is 9.72 Å². The molecule has 1 N–H and O–H groups in total. The van der Waals surface area contributed by atoms with E-state index in [1.54, 1.807) is 7.11 Å². The highest BCUT2D eigenvalue weighted by Gasteiger charge is 2.06. The minimum Gasteiger partial charge on any atom is -0.497 e. The second kappa shape index (κ2) is 3.14. The second-order valence-electron chi connectivity index (χ2n) is 3.02. The lowest BCUT2D eigenvalue weighted by molar-refractivity contribution is 0.100. The van der Waals surface area contributed by atoms with E-state index in [1.807, 2.05) is 18.2 Å². The van der Waals surface area contributed by atoms with E-state index < -0.39 is 0 Å². The molecule has 0 aliphatic carbocycles. The summed E-state index contributed by atoms with van der Waals surface area (Å²) in [5.41, 5.74) is 1.59. The number of nitrogens with one attached hydrogen (secondary N) is 1. The highest BCUT2D eigenvalue weighted by atomic mass is 16.5. The van der Waals surface area contributed by atoms with Gasteiger partial charge in [0.2, 0.25) is 0 Å². The summed E-state index contributed by atoms with van der Waals surface area (Å²) >= 11 is 0. The monoisotopic (exact) mass is 190 g/mol. The minimum absolute atomic E-state index is 0.0693. The zero-order valence-electron chi connectivity index (χ0n) is 8.00. The van der Waals surface area contributed by atoms with Crippen LogP contribution in [0.5, 0.6) is 5.75 Å². The number of imidazole rings is 1. The number of ether oxygens (including phenoxy) is 1. The molecule has 0 aliphatic rings. The van der Waals surface area contributed by atoms with Gasteiger partial charge in [0.05, 0.1) is 18.1 Å². The quantitative estimate of drug-likeness (QED) is 0.734. The van der Waals surface area contributed by atoms with E-state index >= 15 is 0 Å². The number of Topliss-reactive ketones (excluding diaryl/α,β-unsaturated/α-hetero) is 1. The summed E-state index contributed by atoms with van der Waals surface area (Å²) in [5, 5.41) is 0. The first-order chi connectivity index (χ1) is 6.70. The van der Waals surface area contributed by atoms with Gasteiger partial charge in [0, 0.05) is 13.0 Å². The molecule has 1 aromatic heterocycles. The molecule has 0 aliphatic heterocycles. The van der Waals surface area contributed by atoms with Gasteiger partial charge in [-0.3, -0.25) is 4.79 Å². The van der Waals surface area contributed by atoms with Gasteiger partial charge in [-0.25, -0.2) is 4.98 Å². The molecule has 1 aromatic carbocycles. The fourth-order valence-electron chi connectivity index (χ4n) is 1.28. The highest BCUT2D eigenvalue weighted by molar-refractivity contribution is 5.94. The number of rotatable bonds is 2. The summed E-state index contributed by atoms with van der Waals surface area (Å²) in [4.78, 5) is 18.1. The molecule has 0 radical (unpaired) electrons. The van der Waals surface area contributed by atoms with Crippen molar-refractivity contribution < 1.29 is 9.53 Å². The predicted octanol–water partition coefficient (Wildman–Crippen LogP) is 1.77. The number of benzene rings is 1. The second-order valence-corrected chi connectivity index (χ2v) is 3.02. The Kier molecular flexibility index (Phi) is 1.96. The number of ketones is 1. The van der Waals surface area contributed by atoms with Gasteiger partial charge in [0.1, 0.15) is 5.75 Å². The Labute approximate surface area is 80.9 Å². The molecule has 14 heavy (non-hydrogen) atoms. The summed E-state index contributed by atoms with van der Waals surface area (Å²) < 4.78 is 5.06. The van der Waals surface area contributed by atoms with Gasteiger partial charge in [-0.1, -0.05) is 0 Å². The molecule has 2 aromatic rings. The van der Waals surface area contributed by atoms with Crippen LogP contribution in [0.2, 0.25) is 0 Å². The molecule has 0 spiro atoms. The number of aromatic amines is 1. The van der Waals surface area contributed by atoms with Crippen LogP contribution in [-0.4, -0.2) is 22.9 Å². The molecule has 4 nitrogen and oxygen atoms in total. The fraction of sp³-hybridized carbons (Fsp3) is 0.200. The van der Waals surface area contributed by atoms with Crippen LogP contribution in [0, 0.1) is 0 Å². The molecule has 0 atom stereocenters. The summed E-state index contributed by atoms with van der Waals surface area (Å²) in [5.74, 6) is 1.06. The Morgan fingerprint density at radius 3 is 2.93 bits per heavy atom. The van der Waals surface area contributed by atoms with Crippen LogP contribution in [0.4, 0.5) is 0 Å². The molecular formula is C10H10N2O2. The number of H-pyrrole nitrogens is 1. The fourth-order valence-corrected chi connectivity index (χ4v) is 1.28. The molecule has 0 fully saturated rings. The number of aromatic nitrogens is 2. The van der Waals surface area contributed by atoms with E-state index in [9.17, 15) is 4.79 Å². The molecule has 2 rings (SSSR count). The Morgan fingerprint density at radius 2 is 2.29 bits per heavy atom. The molecule has 72 valence electrons. The molecular weight excluding hydrogens is 180 g/mol. The van der Waals surface area contributed by atoms with Gasteiger partial charge in [-0.05, 0) is 12.1 Å². The van der Waals surface area contributed by atoms with E-state index in [2.05, 4.69) is 9.97 Å². The van der Waals surface area contributed by atoms with Crippen LogP contribution in [0.15, 0.2) is 18.2 Å². The maximum Gasteiger partial charge on any atom is 0.195 e. The molecule has 0 unspecified atom stereocenters. The normalized spacial score (nSPS) is 10.4. The predicted molar refractivity (Wildman–Crippen MR) is 52.7 cm³/mol. The molecule has 0 saturated carbocycles. The third-order valence-corrected chi connectivity index (χ3v) is 2.02. The first-order valence-electron chi connectivity index (χ1n) is 4.25. The minimum atomic E-state index is -0.0693. The number of carbonyl (C=O) groups is 1. The number of hydrogen-bond acceptors (Lipinski definition) is 3. The topological polar surface area (TPSA) is 55.0 Å². The third kappa shape index (κ3) is 1.35. The molecule has 1 heterocycles. The zero-order valence-corrected chi connectivity index (χ0v) is 8.00. The Hall–Kier alpha value is -1.84. The van der Waals surface area contributed by atoms with Crippen LogP contribution in [0.3, 0.4) is 0 Å². The van der Waals surface area contributed by atoms with Crippen LogP contribution in [0.25, 0.3) is 11.0 Å². The van der Waals surface area contributed by atoms with Gasteiger partial charge in [-0.2, -0.15) is 0 Å². The highest BCUT2D eigenvalue weighted by Crippen LogP contribution is 2.18. The molecule has 0 saturated heterocycles. The van der Waals surface area contributed by atoms with E-state index in [1.165, 1.54) is 6.92 Å². The zero-order chi connectivity index (χ0) is 10.1. The maximum absolute atomic E-state index is 11.0. The van der Waals surface area contributed by atoms with E-state index in [0.29, 0.717) is 5.82 Å². The first-order valence-corrected chi connectivity index (χ1v) is 4.25. The van der Waals surface area contributed by atoms with E-state index in [0.717, 1.165) is 16.8 Å². The van der Waals surface area contributed by atoms with Crippen molar-refractivity contribution in [2.24, 2.45) is 0 Å². The van der Waals surface area contributed by atoms with Crippen molar-refractivity contribution >= 4 is 16.8 Å². The number of nitrogens with zero attached hydrogens (tertiary/aromatic N) is 1. The number of carbonyl (C=O) groups excluding carboxylic acids is 1. The van der Waals surface area contributed by atoms with Crippen molar-refractivity contribution in [2.45, 2.75) is 6.92 Å². The first kappa shape index (κ1) is 8.74. The lowest BCUT2D eigenvalue weighted by Crippen LogP contribution is -1.93. The van der Waals surface area contributed by atoms with Crippen molar-refractivity contribution in [3.8, 4) is 5.75 Å². The van der Waals surface area contributed by atoms with Gasteiger partial charge in [0.25, 0.3) is 0 Å². The summed E-state index contributed by atoms with van der Waals surface area (Å²) in [6, 6.07) is 5.44. The van der Waals surface area contributed by atoms with Crippen LogP contribution in [0.1, 0.15) is 17.5 Å². The van der Waals surface area contributed by atoms with Gasteiger partial charge >= 0.3 is 0 Å². The van der Waals surface area contributed by atoms with E-state index in [4.69, 9.17) is 4.74 Å². The number of methoxy groups -OCH3 is 1. The maximum atomic E-state index is 11.0. The molecule has 4 heteroatoms. The van der Waals surface area contributed by atoms with Gasteiger partial charge in [-0.15, -0.1) is 0 Å². The van der Waals surface area contributed by atoms with Crippen molar-refractivity contribution in [1.82, 2.24) is 9.97 Å². The Balaban J connectivity index is 2.60. The number of hydrogen-bond donors (Lipinski definition) is 1. The summed E-state index contributed by atoms with van der Waals surface area (Å²) in [6.07, 6.45) is 0. The molecule has 0 bridgehead atoms. The standard InChI is InChI=1S/C10H10N2O2/c1-6(13)10-11-8-4-3-7(14-2)5-9(8)12-10/h3-5H,1-2H3,(H,11,12). The number of fused-ring (bicyclic) bond motifs is 1. The Morgan fingerprint density at radius 1 is 1.50 bits per heavy atom. The Bertz CT molecular complexity index is 488. The smallest absolute Gasteiger partial charge is 0.195 e. The van der Waals surface area contributed by atoms with Crippen molar-refractivity contribution in [3.63, 3.8) is 0 Å². The summed E-state index contributed by atoms with van der Waals surface area (Å²) in [6.45, 7) is 1.48. The SMILES string of the molecule is COc1ccc2nc(C(C)=O)[nH]c2c1. The van der Waals surface area contributed by atoms with Crippen LogP contribution >= 0.6 is 0 Å². The van der Waals surface area contributed by atoms with Crippen molar-refractivity contribution in [1.29, 1.82) is 0 Å². The largest absolute Gasteiger partial charge is 0.497 e. The van der Waals surface area contributed by atoms with E-state index in [-0.39, 0.29) is 5.78 Å². The molecule has 0 amide bonds. The van der Waals surface area contributed by atoms with Crippen LogP contribution < -0.4 is 4.74 Å². The van der Waals surface area contributed by atoms with Crippen molar-refractivity contribution in [2.75, 3.05) is 7.11 Å². The average molecular weight is 190 g/mol. The average Bonchev–Trinajstić information content (AvgIpc) is 2.59. The third-order valence-electron chi connectivity index (χ3n) is 2.02.